The Hall–Kier alpha value is -2.20. The van der Waals surface area contributed by atoms with Crippen molar-refractivity contribution in [2.45, 2.75) is 88.9 Å². The van der Waals surface area contributed by atoms with Crippen LogP contribution in [0.2, 0.25) is 0 Å². The number of amides is 1. The van der Waals surface area contributed by atoms with Crippen molar-refractivity contribution in [2.24, 2.45) is 10.7 Å². The number of aryl methyl sites for hydroxylation is 1. The fraction of sp³-hybridized carbons (Fsp3) is 0.615. The van der Waals surface area contributed by atoms with Gasteiger partial charge in [0.05, 0.1) is 30.1 Å². The van der Waals surface area contributed by atoms with E-state index >= 15 is 0 Å². The number of hydrogen-bond donors (Lipinski definition) is 4. The number of aliphatic hydroxyl groups is 1. The highest BCUT2D eigenvalue weighted by Gasteiger charge is 2.27. The number of nitrogens with zero attached hydrogens (tertiary/aromatic N) is 3. The van der Waals surface area contributed by atoms with Crippen LogP contribution in [-0.4, -0.2) is 64.8 Å². The molecule has 2 aliphatic rings. The molecule has 2 saturated carbocycles. The number of nitrogens with one attached hydrogen (secondary N) is 2. The summed E-state index contributed by atoms with van der Waals surface area (Å²) in [7, 11) is 1.74. The summed E-state index contributed by atoms with van der Waals surface area (Å²) in [5, 5.41) is 16.8. The highest BCUT2D eigenvalue weighted by atomic mass is 35.5. The number of aliphatic imine (C=N–C) groups is 1. The number of benzene rings is 1. The van der Waals surface area contributed by atoms with E-state index in [4.69, 9.17) is 15.5 Å². The van der Waals surface area contributed by atoms with Gasteiger partial charge in [0.15, 0.2) is 0 Å². The molecule has 11 heteroatoms. The lowest BCUT2D eigenvalue weighted by atomic mass is 9.90. The topological polar surface area (TPSA) is 135 Å². The van der Waals surface area contributed by atoms with E-state index < -0.39 is 0 Å². The van der Waals surface area contributed by atoms with Gasteiger partial charge in [0.1, 0.15) is 5.82 Å². The van der Waals surface area contributed by atoms with Gasteiger partial charge in [-0.05, 0) is 57.6 Å². The molecule has 4 rings (SSSR count). The van der Waals surface area contributed by atoms with Gasteiger partial charge in [0, 0.05) is 31.0 Å². The second-order valence-electron chi connectivity index (χ2n) is 9.80. The van der Waals surface area contributed by atoms with Crippen molar-refractivity contribution in [2.75, 3.05) is 19.0 Å². The van der Waals surface area contributed by atoms with Crippen molar-refractivity contribution in [3.05, 3.63) is 29.6 Å². The standard InChI is InChI=1S/C26H38N6O3.2ClH/c1-16-7-12-20-19(15-16)24(31-22-6-4-3-5-21(22)29-23(27)13-14-33)32-25(30-20)26(34)28-17-8-10-18(35-2)11-9-17;;/h7,12,15,17-18,21-22,33H,3-6,8-11,13-14H2,1-2H3,(H2,27,29)(H,28,34)(H,30,31,32);2*1H/t17?,18?,21-,22+;;/m1../s1. The first-order valence-electron chi connectivity index (χ1n) is 12.8. The number of fused-ring (bicyclic) bond motifs is 1. The molecule has 1 heterocycles. The molecule has 2 atom stereocenters. The summed E-state index contributed by atoms with van der Waals surface area (Å²) in [6.07, 6.45) is 8.32. The SMILES string of the molecule is COC1CCC(NC(=O)c2nc(N[C@H]3CCCC[C@H]3N=C(N)CCO)c3cc(C)ccc3n2)CC1.Cl.Cl. The van der Waals surface area contributed by atoms with Crippen LogP contribution >= 0.6 is 24.8 Å². The van der Waals surface area contributed by atoms with E-state index in [0.29, 0.717) is 18.1 Å². The number of aromatic nitrogens is 2. The van der Waals surface area contributed by atoms with Gasteiger partial charge >= 0.3 is 0 Å². The lowest BCUT2D eigenvalue weighted by Gasteiger charge is -2.31. The monoisotopic (exact) mass is 554 g/mol. The number of nitrogens with two attached hydrogens (primary N) is 1. The number of anilines is 1. The number of halogens is 2. The van der Waals surface area contributed by atoms with Crippen molar-refractivity contribution in [3.63, 3.8) is 0 Å². The van der Waals surface area contributed by atoms with Crippen molar-refractivity contribution in [1.29, 1.82) is 0 Å². The van der Waals surface area contributed by atoms with Gasteiger partial charge in [-0.1, -0.05) is 24.5 Å². The van der Waals surface area contributed by atoms with Crippen LogP contribution in [0.5, 0.6) is 0 Å². The predicted octanol–water partition coefficient (Wildman–Crippen LogP) is 3.93. The number of amidine groups is 1. The molecule has 0 unspecified atom stereocenters. The smallest absolute Gasteiger partial charge is 0.289 e. The molecule has 5 N–H and O–H groups in total. The number of hydrogen-bond acceptors (Lipinski definition) is 7. The zero-order valence-electron chi connectivity index (χ0n) is 21.6. The fourth-order valence-electron chi connectivity index (χ4n) is 5.15. The van der Waals surface area contributed by atoms with Gasteiger partial charge in [-0.15, -0.1) is 24.8 Å². The van der Waals surface area contributed by atoms with E-state index in [9.17, 15) is 9.90 Å². The molecular weight excluding hydrogens is 515 g/mol. The van der Waals surface area contributed by atoms with E-state index in [1.165, 1.54) is 0 Å². The summed E-state index contributed by atoms with van der Waals surface area (Å²) >= 11 is 0. The van der Waals surface area contributed by atoms with Gasteiger partial charge in [0.2, 0.25) is 5.82 Å². The minimum atomic E-state index is -0.248. The number of aliphatic hydroxyl groups excluding tert-OH is 1. The van der Waals surface area contributed by atoms with Crippen molar-refractivity contribution < 1.29 is 14.6 Å². The summed E-state index contributed by atoms with van der Waals surface area (Å²) in [6, 6.07) is 6.13. The molecule has 206 valence electrons. The van der Waals surface area contributed by atoms with Crippen molar-refractivity contribution in [1.82, 2.24) is 15.3 Å². The van der Waals surface area contributed by atoms with E-state index in [1.54, 1.807) is 7.11 Å². The van der Waals surface area contributed by atoms with Crippen LogP contribution < -0.4 is 16.4 Å². The Kier molecular flexibility index (Phi) is 12.3. The number of carbonyl (C=O) groups is 1. The average molecular weight is 556 g/mol. The third-order valence-corrected chi connectivity index (χ3v) is 7.15. The van der Waals surface area contributed by atoms with Crippen LogP contribution in [-0.2, 0) is 4.74 Å². The second kappa shape index (κ2) is 14.7. The van der Waals surface area contributed by atoms with Crippen LogP contribution in [0.1, 0.15) is 74.0 Å². The van der Waals surface area contributed by atoms with Gasteiger partial charge in [-0.2, -0.15) is 0 Å². The van der Waals surface area contributed by atoms with Crippen molar-refractivity contribution in [3.8, 4) is 0 Å². The molecular formula is C26H40Cl2N6O3. The summed E-state index contributed by atoms with van der Waals surface area (Å²) < 4.78 is 5.45. The maximum absolute atomic E-state index is 13.1. The first kappa shape index (κ1) is 31.0. The van der Waals surface area contributed by atoms with E-state index in [-0.39, 0.29) is 67.4 Å². The molecule has 37 heavy (non-hydrogen) atoms. The Bertz CT molecular complexity index is 1060. The Labute approximate surface area is 231 Å². The van der Waals surface area contributed by atoms with E-state index in [1.807, 2.05) is 25.1 Å². The van der Waals surface area contributed by atoms with Crippen LogP contribution in [0.3, 0.4) is 0 Å². The highest BCUT2D eigenvalue weighted by molar-refractivity contribution is 5.96. The number of ether oxygens (including phenoxy) is 1. The molecule has 2 aromatic rings. The lowest BCUT2D eigenvalue weighted by Crippen LogP contribution is -2.40. The van der Waals surface area contributed by atoms with Gasteiger partial charge in [-0.25, -0.2) is 9.97 Å². The maximum Gasteiger partial charge on any atom is 0.289 e. The highest BCUT2D eigenvalue weighted by Crippen LogP contribution is 2.28. The Morgan fingerprint density at radius 2 is 1.86 bits per heavy atom. The Morgan fingerprint density at radius 3 is 2.57 bits per heavy atom. The predicted molar refractivity (Wildman–Crippen MR) is 152 cm³/mol. The summed E-state index contributed by atoms with van der Waals surface area (Å²) in [5.41, 5.74) is 7.86. The van der Waals surface area contributed by atoms with E-state index in [0.717, 1.165) is 67.8 Å². The third kappa shape index (κ3) is 8.14. The number of rotatable bonds is 8. The first-order valence-corrected chi connectivity index (χ1v) is 12.8. The molecule has 2 fully saturated rings. The van der Waals surface area contributed by atoms with Crippen LogP contribution in [0.25, 0.3) is 10.9 Å². The van der Waals surface area contributed by atoms with E-state index in [2.05, 4.69) is 20.6 Å². The largest absolute Gasteiger partial charge is 0.396 e. The molecule has 1 amide bonds. The molecule has 9 nitrogen and oxygen atoms in total. The molecule has 1 aromatic carbocycles. The lowest BCUT2D eigenvalue weighted by molar-refractivity contribution is 0.0597. The van der Waals surface area contributed by atoms with Gasteiger partial charge in [-0.3, -0.25) is 9.79 Å². The molecule has 2 aliphatic carbocycles. The molecule has 0 radical (unpaired) electrons. The Balaban J connectivity index is 0.00000241. The zero-order chi connectivity index (χ0) is 24.8. The van der Waals surface area contributed by atoms with Crippen LogP contribution in [0.15, 0.2) is 23.2 Å². The molecule has 1 aromatic heterocycles. The van der Waals surface area contributed by atoms with Gasteiger partial charge in [0.25, 0.3) is 5.91 Å². The molecule has 0 spiro atoms. The number of carbonyl (C=O) groups excluding carboxylic acids is 1. The Morgan fingerprint density at radius 1 is 1.14 bits per heavy atom. The first-order chi connectivity index (χ1) is 17.0. The molecule has 0 bridgehead atoms. The summed E-state index contributed by atoms with van der Waals surface area (Å²) in [5.74, 6) is 1.05. The van der Waals surface area contributed by atoms with Crippen molar-refractivity contribution >= 4 is 53.3 Å². The maximum atomic E-state index is 13.1. The minimum Gasteiger partial charge on any atom is -0.396 e. The fourth-order valence-corrected chi connectivity index (χ4v) is 5.15. The zero-order valence-corrected chi connectivity index (χ0v) is 23.2. The van der Waals surface area contributed by atoms with Crippen LogP contribution in [0.4, 0.5) is 5.82 Å². The molecule has 0 aliphatic heterocycles. The summed E-state index contributed by atoms with van der Waals surface area (Å²) in [4.78, 5) is 27.1. The quantitative estimate of drug-likeness (QED) is 0.286. The third-order valence-electron chi connectivity index (χ3n) is 7.15. The molecule has 0 saturated heterocycles. The average Bonchev–Trinajstić information content (AvgIpc) is 2.86. The van der Waals surface area contributed by atoms with Crippen LogP contribution in [0, 0.1) is 6.92 Å². The summed E-state index contributed by atoms with van der Waals surface area (Å²) in [6.45, 7) is 2.02. The minimum absolute atomic E-state index is 0. The number of methoxy groups -OCH3 is 1. The second-order valence-corrected chi connectivity index (χ2v) is 9.80. The normalized spacial score (nSPS) is 24.0. The van der Waals surface area contributed by atoms with Gasteiger partial charge < -0.3 is 26.2 Å².